The SMILES string of the molecule is CC1=C(c2ccc(Cl)cc2)S(=O)(=O)NC1=NCC(=O)NCC(C)c1ccccc1. The first-order chi connectivity index (χ1) is 13.8. The first-order valence-electron chi connectivity index (χ1n) is 9.14. The fourth-order valence-electron chi connectivity index (χ4n) is 3.06. The van der Waals surface area contributed by atoms with E-state index in [0.29, 0.717) is 22.7 Å². The van der Waals surface area contributed by atoms with E-state index in [9.17, 15) is 13.2 Å². The molecule has 0 aromatic heterocycles. The average Bonchev–Trinajstić information content (AvgIpc) is 2.94. The van der Waals surface area contributed by atoms with Gasteiger partial charge in [0.15, 0.2) is 0 Å². The summed E-state index contributed by atoms with van der Waals surface area (Å²) in [6.45, 7) is 4.00. The van der Waals surface area contributed by atoms with Crippen LogP contribution < -0.4 is 10.0 Å². The van der Waals surface area contributed by atoms with Crippen LogP contribution >= 0.6 is 11.6 Å². The highest BCUT2D eigenvalue weighted by Crippen LogP contribution is 2.30. The first-order valence-corrected chi connectivity index (χ1v) is 11.0. The Morgan fingerprint density at radius 1 is 1.14 bits per heavy atom. The lowest BCUT2D eigenvalue weighted by molar-refractivity contribution is -0.119. The van der Waals surface area contributed by atoms with Crippen molar-refractivity contribution in [2.45, 2.75) is 19.8 Å². The van der Waals surface area contributed by atoms with Gasteiger partial charge >= 0.3 is 0 Å². The number of aliphatic imine (C=N–C) groups is 1. The molecule has 1 aliphatic heterocycles. The fraction of sp³-hybridized carbons (Fsp3) is 0.238. The zero-order chi connectivity index (χ0) is 21.0. The van der Waals surface area contributed by atoms with Gasteiger partial charge in [-0.1, -0.05) is 61.0 Å². The predicted octanol–water partition coefficient (Wildman–Crippen LogP) is 3.32. The molecule has 0 radical (unpaired) electrons. The van der Waals surface area contributed by atoms with Gasteiger partial charge in [0.2, 0.25) is 5.91 Å². The number of carbonyl (C=O) groups excluding carboxylic acids is 1. The quantitative estimate of drug-likeness (QED) is 0.735. The van der Waals surface area contributed by atoms with Crippen molar-refractivity contribution in [2.24, 2.45) is 4.99 Å². The zero-order valence-corrected chi connectivity index (χ0v) is 17.7. The lowest BCUT2D eigenvalue weighted by atomic mass is 10.0. The number of amides is 1. The number of benzene rings is 2. The lowest BCUT2D eigenvalue weighted by Crippen LogP contribution is -2.31. The van der Waals surface area contributed by atoms with Gasteiger partial charge < -0.3 is 5.32 Å². The van der Waals surface area contributed by atoms with Gasteiger partial charge in [-0.25, -0.2) is 8.42 Å². The Bertz CT molecular complexity index is 1060. The number of rotatable bonds is 6. The Hall–Kier alpha value is -2.64. The Labute approximate surface area is 175 Å². The van der Waals surface area contributed by atoms with Crippen LogP contribution in [-0.4, -0.2) is 33.3 Å². The van der Waals surface area contributed by atoms with Crippen molar-refractivity contribution >= 4 is 38.3 Å². The Kier molecular flexibility index (Phi) is 6.39. The highest BCUT2D eigenvalue weighted by molar-refractivity contribution is 8.00. The molecule has 29 heavy (non-hydrogen) atoms. The number of nitrogens with one attached hydrogen (secondary N) is 2. The van der Waals surface area contributed by atoms with E-state index in [1.165, 1.54) is 0 Å². The van der Waals surface area contributed by atoms with E-state index in [1.807, 2.05) is 37.3 Å². The summed E-state index contributed by atoms with van der Waals surface area (Å²) >= 11 is 5.88. The van der Waals surface area contributed by atoms with Gasteiger partial charge in [-0.15, -0.1) is 0 Å². The number of hydrogen-bond donors (Lipinski definition) is 2. The maximum Gasteiger partial charge on any atom is 0.264 e. The predicted molar refractivity (Wildman–Crippen MR) is 116 cm³/mol. The highest BCUT2D eigenvalue weighted by Gasteiger charge is 2.32. The minimum Gasteiger partial charge on any atom is -0.354 e. The van der Waals surface area contributed by atoms with E-state index in [0.717, 1.165) is 5.56 Å². The molecule has 152 valence electrons. The summed E-state index contributed by atoms with van der Waals surface area (Å²) in [5.74, 6) is 0.0735. The Morgan fingerprint density at radius 3 is 2.45 bits per heavy atom. The van der Waals surface area contributed by atoms with Gasteiger partial charge in [0.05, 0.1) is 0 Å². The summed E-state index contributed by atoms with van der Waals surface area (Å²) in [5.41, 5.74) is 2.12. The first kappa shape index (κ1) is 21.1. The minimum absolute atomic E-state index is 0.144. The molecule has 0 bridgehead atoms. The average molecular weight is 432 g/mol. The van der Waals surface area contributed by atoms with Crippen LogP contribution in [0, 0.1) is 0 Å². The number of nitrogens with zero attached hydrogens (tertiary/aromatic N) is 1. The van der Waals surface area contributed by atoms with E-state index in [4.69, 9.17) is 11.6 Å². The summed E-state index contributed by atoms with van der Waals surface area (Å²) in [6, 6.07) is 16.4. The van der Waals surface area contributed by atoms with Gasteiger partial charge in [-0.05, 0) is 36.1 Å². The van der Waals surface area contributed by atoms with Crippen LogP contribution in [-0.2, 0) is 14.8 Å². The van der Waals surface area contributed by atoms with E-state index in [1.54, 1.807) is 31.2 Å². The molecule has 0 spiro atoms. The van der Waals surface area contributed by atoms with Crippen molar-refractivity contribution in [2.75, 3.05) is 13.1 Å². The van der Waals surface area contributed by atoms with Crippen LogP contribution in [0.3, 0.4) is 0 Å². The number of amidine groups is 1. The molecule has 2 aromatic rings. The number of hydrogen-bond acceptors (Lipinski definition) is 4. The third-order valence-corrected chi connectivity index (χ3v) is 6.45. The zero-order valence-electron chi connectivity index (χ0n) is 16.1. The third kappa shape index (κ3) is 5.05. The van der Waals surface area contributed by atoms with Crippen molar-refractivity contribution in [3.05, 3.63) is 76.3 Å². The minimum atomic E-state index is -3.74. The number of carbonyl (C=O) groups is 1. The second kappa shape index (κ2) is 8.80. The van der Waals surface area contributed by atoms with Crippen LogP contribution in [0.15, 0.2) is 65.2 Å². The molecule has 1 amide bonds. The van der Waals surface area contributed by atoms with Crippen molar-refractivity contribution in [1.82, 2.24) is 10.0 Å². The monoisotopic (exact) mass is 431 g/mol. The summed E-state index contributed by atoms with van der Waals surface area (Å²) in [6.07, 6.45) is 0. The van der Waals surface area contributed by atoms with E-state index < -0.39 is 10.0 Å². The van der Waals surface area contributed by atoms with Crippen molar-refractivity contribution in [1.29, 1.82) is 0 Å². The molecule has 0 saturated carbocycles. The molecular formula is C21H22ClN3O3S. The molecule has 0 saturated heterocycles. The standard InChI is InChI=1S/C21H22ClN3O3S/c1-14(16-6-4-3-5-7-16)12-23-19(26)13-24-21-15(2)20(29(27,28)25-21)17-8-10-18(22)11-9-17/h3-11,14H,12-13H2,1-2H3,(H,23,26)(H,24,25). The van der Waals surface area contributed by atoms with Gasteiger partial charge in [-0.2, -0.15) is 0 Å². The number of sulfonamides is 1. The molecule has 6 nitrogen and oxygen atoms in total. The van der Waals surface area contributed by atoms with Crippen LogP contribution in [0.25, 0.3) is 4.91 Å². The van der Waals surface area contributed by atoms with E-state index in [2.05, 4.69) is 15.0 Å². The van der Waals surface area contributed by atoms with Crippen LogP contribution in [0.5, 0.6) is 0 Å². The second-order valence-corrected chi connectivity index (χ2v) is 8.90. The smallest absolute Gasteiger partial charge is 0.264 e. The summed E-state index contributed by atoms with van der Waals surface area (Å²) in [4.78, 5) is 16.5. The normalized spacial score (nSPS) is 17.8. The van der Waals surface area contributed by atoms with Crippen molar-refractivity contribution < 1.29 is 13.2 Å². The Balaban J connectivity index is 1.67. The van der Waals surface area contributed by atoms with Crippen LogP contribution in [0.2, 0.25) is 5.02 Å². The topological polar surface area (TPSA) is 87.6 Å². The van der Waals surface area contributed by atoms with Crippen LogP contribution in [0.1, 0.15) is 30.9 Å². The summed E-state index contributed by atoms with van der Waals surface area (Å²) < 4.78 is 27.4. The maximum absolute atomic E-state index is 12.5. The molecule has 1 heterocycles. The van der Waals surface area contributed by atoms with Gasteiger partial charge in [-0.3, -0.25) is 14.5 Å². The highest BCUT2D eigenvalue weighted by atomic mass is 35.5. The van der Waals surface area contributed by atoms with E-state index in [-0.39, 0.29) is 29.1 Å². The lowest BCUT2D eigenvalue weighted by Gasteiger charge is -2.12. The molecule has 0 fully saturated rings. The van der Waals surface area contributed by atoms with Gasteiger partial charge in [0.25, 0.3) is 10.0 Å². The summed E-state index contributed by atoms with van der Waals surface area (Å²) in [7, 11) is -3.74. The number of halogens is 1. The van der Waals surface area contributed by atoms with Crippen molar-refractivity contribution in [3.8, 4) is 0 Å². The third-order valence-electron chi connectivity index (χ3n) is 4.66. The van der Waals surface area contributed by atoms with Crippen molar-refractivity contribution in [3.63, 3.8) is 0 Å². The summed E-state index contributed by atoms with van der Waals surface area (Å²) in [5, 5.41) is 3.35. The maximum atomic E-state index is 12.5. The van der Waals surface area contributed by atoms with Gasteiger partial charge in [0.1, 0.15) is 17.3 Å². The molecular weight excluding hydrogens is 410 g/mol. The molecule has 1 unspecified atom stereocenters. The Morgan fingerprint density at radius 2 is 1.79 bits per heavy atom. The second-order valence-electron chi connectivity index (χ2n) is 6.85. The largest absolute Gasteiger partial charge is 0.354 e. The molecule has 2 N–H and O–H groups in total. The molecule has 8 heteroatoms. The molecule has 0 aliphatic carbocycles. The molecule has 1 aliphatic rings. The molecule has 1 atom stereocenters. The van der Waals surface area contributed by atoms with E-state index >= 15 is 0 Å². The van der Waals surface area contributed by atoms with Gasteiger partial charge in [0, 0.05) is 17.1 Å². The molecule has 2 aromatic carbocycles. The van der Waals surface area contributed by atoms with Crippen LogP contribution in [0.4, 0.5) is 0 Å². The molecule has 3 rings (SSSR count). The fourth-order valence-corrected chi connectivity index (χ4v) is 4.71.